The number of hydrogen-bond donors (Lipinski definition) is 2. The van der Waals surface area contributed by atoms with E-state index in [9.17, 15) is 13.2 Å². The van der Waals surface area contributed by atoms with Crippen molar-refractivity contribution in [2.45, 2.75) is 33.0 Å². The molecule has 13 heavy (non-hydrogen) atoms. The average molecular weight is 198 g/mol. The molecule has 1 unspecified atom stereocenters. The Bertz CT molecular complexity index is 148. The molecule has 0 bridgehead atoms. The Kier molecular flexibility index (Phi) is 4.19. The van der Waals surface area contributed by atoms with Crippen LogP contribution in [0.5, 0.6) is 0 Å². The van der Waals surface area contributed by atoms with Crippen molar-refractivity contribution in [2.24, 2.45) is 11.1 Å². The summed E-state index contributed by atoms with van der Waals surface area (Å²) in [7, 11) is 0. The van der Waals surface area contributed by atoms with Gasteiger partial charge in [-0.05, 0) is 5.41 Å². The van der Waals surface area contributed by atoms with E-state index < -0.39 is 12.7 Å². The van der Waals surface area contributed by atoms with Crippen LogP contribution in [-0.4, -0.2) is 25.3 Å². The summed E-state index contributed by atoms with van der Waals surface area (Å²) < 4.78 is 35.1. The minimum atomic E-state index is -4.16. The molecule has 0 spiro atoms. The lowest BCUT2D eigenvalue weighted by Gasteiger charge is -2.27. The first-order chi connectivity index (χ1) is 5.63. The number of alkyl halides is 3. The molecule has 0 aromatic heterocycles. The highest BCUT2D eigenvalue weighted by molar-refractivity contribution is 4.79. The molecule has 0 aliphatic carbocycles. The third kappa shape index (κ3) is 6.83. The molecule has 0 saturated heterocycles. The predicted molar refractivity (Wildman–Crippen MR) is 46.4 cm³/mol. The molecule has 1 atom stereocenters. The first-order valence-electron chi connectivity index (χ1n) is 4.16. The molecule has 0 radical (unpaired) electrons. The van der Waals surface area contributed by atoms with E-state index in [1.54, 1.807) is 0 Å². The van der Waals surface area contributed by atoms with Crippen molar-refractivity contribution < 1.29 is 13.2 Å². The van der Waals surface area contributed by atoms with Gasteiger partial charge in [-0.1, -0.05) is 20.8 Å². The van der Waals surface area contributed by atoms with Crippen LogP contribution < -0.4 is 11.1 Å². The SMILES string of the molecule is CC(C)(C)C(N)CNCC(F)(F)F. The monoisotopic (exact) mass is 198 g/mol. The zero-order valence-electron chi connectivity index (χ0n) is 8.20. The summed E-state index contributed by atoms with van der Waals surface area (Å²) in [6, 6.07) is -0.269. The predicted octanol–water partition coefficient (Wildman–Crippen LogP) is 1.51. The van der Waals surface area contributed by atoms with E-state index in [-0.39, 0.29) is 18.0 Å². The lowest BCUT2D eigenvalue weighted by molar-refractivity contribution is -0.125. The first-order valence-corrected chi connectivity index (χ1v) is 4.16. The largest absolute Gasteiger partial charge is 0.401 e. The van der Waals surface area contributed by atoms with E-state index >= 15 is 0 Å². The molecule has 0 aliphatic heterocycles. The van der Waals surface area contributed by atoms with Gasteiger partial charge >= 0.3 is 6.18 Å². The maximum absolute atomic E-state index is 11.7. The van der Waals surface area contributed by atoms with E-state index in [2.05, 4.69) is 5.32 Å². The number of rotatable bonds is 3. The van der Waals surface area contributed by atoms with E-state index in [1.807, 2.05) is 20.8 Å². The molecule has 0 saturated carbocycles. The molecule has 3 N–H and O–H groups in total. The second kappa shape index (κ2) is 4.28. The van der Waals surface area contributed by atoms with Gasteiger partial charge < -0.3 is 11.1 Å². The normalized spacial score (nSPS) is 15.9. The average Bonchev–Trinajstić information content (AvgIpc) is 1.82. The number of halogens is 3. The Morgan fingerprint density at radius 2 is 1.69 bits per heavy atom. The Morgan fingerprint density at radius 1 is 1.23 bits per heavy atom. The van der Waals surface area contributed by atoms with Crippen molar-refractivity contribution in [3.63, 3.8) is 0 Å². The van der Waals surface area contributed by atoms with Gasteiger partial charge in [0.05, 0.1) is 6.54 Å². The zero-order chi connectivity index (χ0) is 10.7. The molecule has 0 amide bonds. The summed E-state index contributed by atoms with van der Waals surface area (Å²) in [6.45, 7) is 4.90. The summed E-state index contributed by atoms with van der Waals surface area (Å²) in [5, 5.41) is 2.28. The fraction of sp³-hybridized carbons (Fsp3) is 1.00. The Balaban J connectivity index is 3.67. The molecule has 0 aromatic carbocycles. The highest BCUT2D eigenvalue weighted by Crippen LogP contribution is 2.17. The highest BCUT2D eigenvalue weighted by Gasteiger charge is 2.27. The minimum Gasteiger partial charge on any atom is -0.326 e. The van der Waals surface area contributed by atoms with E-state index in [0.29, 0.717) is 0 Å². The molecule has 0 aromatic rings. The molecule has 2 nitrogen and oxygen atoms in total. The van der Waals surface area contributed by atoms with E-state index in [1.165, 1.54) is 0 Å². The zero-order valence-corrected chi connectivity index (χ0v) is 8.20. The van der Waals surface area contributed by atoms with Crippen molar-refractivity contribution in [3.05, 3.63) is 0 Å². The lowest BCUT2D eigenvalue weighted by Crippen LogP contribution is -2.45. The third-order valence-electron chi connectivity index (χ3n) is 1.80. The summed E-state index contributed by atoms with van der Waals surface area (Å²) in [5.74, 6) is 0. The van der Waals surface area contributed by atoms with Crippen LogP contribution in [0.1, 0.15) is 20.8 Å². The van der Waals surface area contributed by atoms with Gasteiger partial charge in [-0.25, -0.2) is 0 Å². The Labute approximate surface area is 76.7 Å². The molecule has 0 fully saturated rings. The van der Waals surface area contributed by atoms with Crippen LogP contribution >= 0.6 is 0 Å². The first kappa shape index (κ1) is 12.7. The van der Waals surface area contributed by atoms with Gasteiger partial charge in [0, 0.05) is 12.6 Å². The molecule has 0 rings (SSSR count). The quantitative estimate of drug-likeness (QED) is 0.721. The van der Waals surface area contributed by atoms with Gasteiger partial charge in [0.25, 0.3) is 0 Å². The maximum atomic E-state index is 11.7. The van der Waals surface area contributed by atoms with Gasteiger partial charge in [0.1, 0.15) is 0 Å². The molecule has 5 heteroatoms. The van der Waals surface area contributed by atoms with Crippen LogP contribution in [0.4, 0.5) is 13.2 Å². The van der Waals surface area contributed by atoms with Gasteiger partial charge in [0.15, 0.2) is 0 Å². The molecule has 0 heterocycles. The van der Waals surface area contributed by atoms with Gasteiger partial charge in [-0.2, -0.15) is 13.2 Å². The second-order valence-electron chi connectivity index (χ2n) is 4.22. The Morgan fingerprint density at radius 3 is 2.00 bits per heavy atom. The maximum Gasteiger partial charge on any atom is 0.401 e. The van der Waals surface area contributed by atoms with Crippen LogP contribution in [0.2, 0.25) is 0 Å². The van der Waals surface area contributed by atoms with Crippen molar-refractivity contribution >= 4 is 0 Å². The second-order valence-corrected chi connectivity index (χ2v) is 4.22. The standard InChI is InChI=1S/C8H17F3N2/c1-7(2,3)6(12)4-13-5-8(9,10)11/h6,13H,4-5,12H2,1-3H3. The van der Waals surface area contributed by atoms with Crippen LogP contribution in [0.25, 0.3) is 0 Å². The third-order valence-corrected chi connectivity index (χ3v) is 1.80. The van der Waals surface area contributed by atoms with Crippen LogP contribution in [-0.2, 0) is 0 Å². The molecular weight excluding hydrogens is 181 g/mol. The van der Waals surface area contributed by atoms with Gasteiger partial charge in [-0.3, -0.25) is 0 Å². The van der Waals surface area contributed by atoms with Crippen molar-refractivity contribution in [1.29, 1.82) is 0 Å². The molecule has 0 aliphatic rings. The van der Waals surface area contributed by atoms with E-state index in [4.69, 9.17) is 5.73 Å². The number of nitrogens with one attached hydrogen (secondary N) is 1. The minimum absolute atomic E-state index is 0.168. The molecular formula is C8H17F3N2. The highest BCUT2D eigenvalue weighted by atomic mass is 19.4. The fourth-order valence-electron chi connectivity index (χ4n) is 0.676. The van der Waals surface area contributed by atoms with Gasteiger partial charge in [-0.15, -0.1) is 0 Å². The van der Waals surface area contributed by atoms with Crippen molar-refractivity contribution in [1.82, 2.24) is 5.32 Å². The van der Waals surface area contributed by atoms with Crippen molar-refractivity contribution in [2.75, 3.05) is 13.1 Å². The van der Waals surface area contributed by atoms with Crippen LogP contribution in [0.3, 0.4) is 0 Å². The summed E-state index contributed by atoms with van der Waals surface area (Å²) >= 11 is 0. The van der Waals surface area contributed by atoms with E-state index in [0.717, 1.165) is 0 Å². The topological polar surface area (TPSA) is 38.0 Å². The van der Waals surface area contributed by atoms with Crippen LogP contribution in [0.15, 0.2) is 0 Å². The van der Waals surface area contributed by atoms with Crippen LogP contribution in [0, 0.1) is 5.41 Å². The van der Waals surface area contributed by atoms with Gasteiger partial charge in [0.2, 0.25) is 0 Å². The summed E-state index contributed by atoms with van der Waals surface area (Å²) in [6.07, 6.45) is -4.16. The number of nitrogens with two attached hydrogens (primary N) is 1. The summed E-state index contributed by atoms with van der Waals surface area (Å²) in [5.41, 5.74) is 5.48. The fourth-order valence-corrected chi connectivity index (χ4v) is 0.676. The summed E-state index contributed by atoms with van der Waals surface area (Å²) in [4.78, 5) is 0. The van der Waals surface area contributed by atoms with Crippen molar-refractivity contribution in [3.8, 4) is 0 Å². The molecule has 80 valence electrons. The lowest BCUT2D eigenvalue weighted by atomic mass is 9.87. The Hall–Kier alpha value is -0.290. The smallest absolute Gasteiger partial charge is 0.326 e. The number of hydrogen-bond acceptors (Lipinski definition) is 2.